The number of hydrogen-bond acceptors (Lipinski definition) is 0. The number of rotatable bonds is 17. The normalized spacial score (nSPS) is 12.8. The Morgan fingerprint density at radius 2 is 0.771 bits per heavy atom. The van der Waals surface area contributed by atoms with Gasteiger partial charge in [-0.25, -0.2) is 0 Å². The van der Waals surface area contributed by atoms with E-state index in [0.29, 0.717) is 0 Å². The quantitative estimate of drug-likeness (QED) is 0.0822. The summed E-state index contributed by atoms with van der Waals surface area (Å²) in [5.74, 6) is 0. The van der Waals surface area contributed by atoms with E-state index >= 15 is 0 Å². The summed E-state index contributed by atoms with van der Waals surface area (Å²) in [6.07, 6.45) is 19.1. The number of hydrogen-bond donors (Lipinski definition) is 0. The second-order valence-electron chi connectivity index (χ2n) is 10.7. The summed E-state index contributed by atoms with van der Waals surface area (Å²) in [6, 6.07) is 33.9. The molecule has 0 aliphatic heterocycles. The number of halogens is 1. The first-order valence-corrected chi connectivity index (χ1v) is 19.7. The van der Waals surface area contributed by atoms with Crippen LogP contribution in [0.4, 0.5) is 0 Å². The van der Waals surface area contributed by atoms with E-state index in [-0.39, 0.29) is 0 Å². The molecule has 0 amide bonds. The van der Waals surface area contributed by atoms with Crippen LogP contribution in [-0.2, 0) is 18.5 Å². The second kappa shape index (κ2) is 15.2. The molecule has 0 spiro atoms. The first-order valence-electron chi connectivity index (χ1n) is 13.9. The van der Waals surface area contributed by atoms with E-state index in [1.165, 1.54) is 106 Å². The van der Waals surface area contributed by atoms with E-state index in [1.54, 1.807) is 0 Å². The van der Waals surface area contributed by atoms with Crippen molar-refractivity contribution in [2.75, 3.05) is 6.16 Å². The minimum absolute atomic E-state index is 1.23. The fourth-order valence-corrected chi connectivity index (χ4v) is 15.3. The van der Waals surface area contributed by atoms with Gasteiger partial charge in [-0.05, 0) is 0 Å². The molecule has 0 aromatic heterocycles. The Hall–Kier alpha value is -1.18. The van der Waals surface area contributed by atoms with Crippen molar-refractivity contribution < 1.29 is 0 Å². The van der Waals surface area contributed by atoms with Crippen molar-refractivity contribution in [1.82, 2.24) is 0 Å². The molecule has 0 unspecified atom stereocenters. The molecule has 2 heteroatoms. The molecule has 0 atom stereocenters. The van der Waals surface area contributed by atoms with Gasteiger partial charge in [0.1, 0.15) is 0 Å². The predicted molar refractivity (Wildman–Crippen MR) is 168 cm³/mol. The van der Waals surface area contributed by atoms with Crippen molar-refractivity contribution in [3.63, 3.8) is 0 Å². The van der Waals surface area contributed by atoms with Gasteiger partial charge in [0.25, 0.3) is 0 Å². The van der Waals surface area contributed by atoms with Crippen LogP contribution in [0.2, 0.25) is 0 Å². The van der Waals surface area contributed by atoms with Crippen molar-refractivity contribution in [2.24, 2.45) is 0 Å². The standard InChI is InChI=1S/C33H46IP/c1-2-3-4-5-6-7-8-9-10-20-27-35(34,28-31-21-14-11-15-22-31,29-32-23-16-12-17-24-32)30-33-25-18-13-19-26-33/h11-19,21-26H,2-10,20,27-30H2,1H3. The molecule has 0 radical (unpaired) electrons. The van der Waals surface area contributed by atoms with Crippen LogP contribution in [0.1, 0.15) is 87.8 Å². The van der Waals surface area contributed by atoms with Crippen LogP contribution in [0, 0.1) is 0 Å². The molecular weight excluding hydrogens is 554 g/mol. The van der Waals surface area contributed by atoms with Crippen LogP contribution < -0.4 is 0 Å². The van der Waals surface area contributed by atoms with E-state index in [1.807, 2.05) is 0 Å². The summed E-state index contributed by atoms with van der Waals surface area (Å²) >= 11 is 3.04. The molecular formula is C33H46IP. The van der Waals surface area contributed by atoms with Gasteiger partial charge in [-0.3, -0.25) is 0 Å². The van der Waals surface area contributed by atoms with Gasteiger partial charge in [0.15, 0.2) is 0 Å². The van der Waals surface area contributed by atoms with E-state index in [9.17, 15) is 0 Å². The summed E-state index contributed by atoms with van der Waals surface area (Å²) in [4.78, 5) is 0. The van der Waals surface area contributed by atoms with Crippen LogP contribution in [0.3, 0.4) is 0 Å². The molecule has 3 aromatic rings. The van der Waals surface area contributed by atoms with Gasteiger partial charge in [-0.2, -0.15) is 0 Å². The Balaban J connectivity index is 1.72. The molecule has 3 aromatic carbocycles. The van der Waals surface area contributed by atoms with Crippen LogP contribution in [0.5, 0.6) is 0 Å². The summed E-state index contributed by atoms with van der Waals surface area (Å²) < 4.78 is -2.14. The van der Waals surface area contributed by atoms with Crippen LogP contribution in [0.15, 0.2) is 91.0 Å². The van der Waals surface area contributed by atoms with Gasteiger partial charge in [-0.15, -0.1) is 0 Å². The molecule has 0 saturated heterocycles. The van der Waals surface area contributed by atoms with Crippen molar-refractivity contribution in [3.05, 3.63) is 108 Å². The third kappa shape index (κ3) is 10.4. The Bertz CT molecular complexity index is 834. The summed E-state index contributed by atoms with van der Waals surface area (Å²) in [7, 11) is 0. The Labute approximate surface area is 228 Å². The monoisotopic (exact) mass is 600 g/mol. The average molecular weight is 601 g/mol. The zero-order chi connectivity index (χ0) is 24.7. The predicted octanol–water partition coefficient (Wildman–Crippen LogP) is 11.4. The SMILES string of the molecule is CCCCCCCCCCCCP(I)(Cc1ccccc1)(Cc1ccccc1)Cc1ccccc1. The van der Waals surface area contributed by atoms with Crippen molar-refractivity contribution in [3.8, 4) is 0 Å². The average Bonchev–Trinajstić information content (AvgIpc) is 2.87. The molecule has 0 heterocycles. The molecule has 35 heavy (non-hydrogen) atoms. The summed E-state index contributed by atoms with van der Waals surface area (Å²) in [6.45, 7) is 2.30. The summed E-state index contributed by atoms with van der Waals surface area (Å²) in [5.41, 5.74) is 4.54. The van der Waals surface area contributed by atoms with Crippen LogP contribution >= 0.6 is 26.3 Å². The van der Waals surface area contributed by atoms with Crippen molar-refractivity contribution in [1.29, 1.82) is 0 Å². The molecule has 0 nitrogen and oxygen atoms in total. The fraction of sp³-hybridized carbons (Fsp3) is 0.455. The van der Waals surface area contributed by atoms with E-state index < -0.39 is 4.25 Å². The number of unbranched alkanes of at least 4 members (excludes halogenated alkanes) is 9. The van der Waals surface area contributed by atoms with Gasteiger partial charge in [0.05, 0.1) is 0 Å². The first-order chi connectivity index (χ1) is 17.1. The molecule has 0 bridgehead atoms. The molecule has 0 aliphatic carbocycles. The van der Waals surface area contributed by atoms with E-state index in [2.05, 4.69) is 120 Å². The van der Waals surface area contributed by atoms with Gasteiger partial charge in [0.2, 0.25) is 0 Å². The molecule has 190 valence electrons. The second-order valence-corrected chi connectivity index (χ2v) is 23.9. The fourth-order valence-electron chi connectivity index (χ4n) is 5.52. The van der Waals surface area contributed by atoms with Gasteiger partial charge >= 0.3 is 230 Å². The number of benzene rings is 3. The van der Waals surface area contributed by atoms with Crippen molar-refractivity contribution in [2.45, 2.75) is 89.6 Å². The van der Waals surface area contributed by atoms with E-state index in [4.69, 9.17) is 0 Å². The van der Waals surface area contributed by atoms with Gasteiger partial charge in [0, 0.05) is 0 Å². The molecule has 3 rings (SSSR count). The maximum atomic E-state index is 3.04. The zero-order valence-corrected chi connectivity index (χ0v) is 24.9. The first kappa shape index (κ1) is 28.4. The zero-order valence-electron chi connectivity index (χ0n) is 21.9. The van der Waals surface area contributed by atoms with Gasteiger partial charge in [-0.1, -0.05) is 0 Å². The van der Waals surface area contributed by atoms with Crippen LogP contribution in [-0.4, -0.2) is 6.16 Å². The summed E-state index contributed by atoms with van der Waals surface area (Å²) in [5, 5.41) is 0. The minimum atomic E-state index is -2.14. The van der Waals surface area contributed by atoms with Crippen molar-refractivity contribution >= 4 is 26.3 Å². The third-order valence-corrected chi connectivity index (χ3v) is 16.8. The van der Waals surface area contributed by atoms with E-state index in [0.717, 1.165) is 0 Å². The topological polar surface area (TPSA) is 0 Å². The Morgan fingerprint density at radius 3 is 1.11 bits per heavy atom. The molecule has 0 fully saturated rings. The van der Waals surface area contributed by atoms with Gasteiger partial charge < -0.3 is 0 Å². The Morgan fingerprint density at radius 1 is 0.457 bits per heavy atom. The third-order valence-electron chi connectivity index (χ3n) is 7.33. The molecule has 0 saturated carbocycles. The maximum absolute atomic E-state index is 3.04. The molecule has 0 aliphatic rings. The molecule has 0 N–H and O–H groups in total. The van der Waals surface area contributed by atoms with Crippen LogP contribution in [0.25, 0.3) is 0 Å². The Kier molecular flexibility index (Phi) is 12.3.